The Labute approximate surface area is 132 Å². The summed E-state index contributed by atoms with van der Waals surface area (Å²) in [5, 5.41) is 0.705. The van der Waals surface area contributed by atoms with Gasteiger partial charge in [0.1, 0.15) is 12.4 Å². The number of carbonyl (C=O) groups excluding carboxylic acids is 1. The first-order valence-electron chi connectivity index (χ1n) is 6.64. The largest absolute Gasteiger partial charge is 0.492 e. The molecule has 3 rings (SSSR count). The van der Waals surface area contributed by atoms with Crippen LogP contribution < -0.4 is 10.5 Å². The van der Waals surface area contributed by atoms with E-state index < -0.39 is 0 Å². The molecule has 4 nitrogen and oxygen atoms in total. The lowest BCUT2D eigenvalue weighted by Crippen LogP contribution is -2.23. The topological polar surface area (TPSA) is 55.6 Å². The minimum Gasteiger partial charge on any atom is -0.492 e. The van der Waals surface area contributed by atoms with E-state index in [1.165, 1.54) is 21.8 Å². The van der Waals surface area contributed by atoms with Gasteiger partial charge in [-0.1, -0.05) is 11.6 Å². The number of rotatable bonds is 5. The van der Waals surface area contributed by atoms with E-state index in [1.54, 1.807) is 0 Å². The van der Waals surface area contributed by atoms with Gasteiger partial charge in [0, 0.05) is 29.5 Å². The van der Waals surface area contributed by atoms with E-state index in [0.29, 0.717) is 16.5 Å². The summed E-state index contributed by atoms with van der Waals surface area (Å²) in [6.07, 6.45) is 0. The second-order valence-electron chi connectivity index (χ2n) is 4.94. The van der Waals surface area contributed by atoms with Crippen molar-refractivity contribution < 1.29 is 9.53 Å². The number of thiophene rings is 1. The summed E-state index contributed by atoms with van der Waals surface area (Å²) in [6.45, 7) is 3.18. The van der Waals surface area contributed by atoms with Gasteiger partial charge in [-0.3, -0.25) is 9.69 Å². The van der Waals surface area contributed by atoms with Crippen LogP contribution in [0.4, 0.5) is 0 Å². The second-order valence-corrected chi connectivity index (χ2v) is 6.51. The molecule has 21 heavy (non-hydrogen) atoms. The van der Waals surface area contributed by atoms with Crippen LogP contribution in [-0.4, -0.2) is 24.0 Å². The molecule has 0 aliphatic carbocycles. The Morgan fingerprint density at radius 2 is 2.10 bits per heavy atom. The number of carbonyl (C=O) groups is 1. The molecule has 0 fully saturated rings. The minimum atomic E-state index is -0.341. The Kier molecular flexibility index (Phi) is 4.14. The number of ether oxygens (including phenoxy) is 1. The maximum Gasteiger partial charge on any atom is 0.258 e. The summed E-state index contributed by atoms with van der Waals surface area (Å²) in [5.41, 5.74) is 6.50. The van der Waals surface area contributed by atoms with Crippen LogP contribution in [0.3, 0.4) is 0 Å². The Hall–Kier alpha value is -1.56. The first-order chi connectivity index (χ1) is 10.1. The van der Waals surface area contributed by atoms with E-state index in [-0.39, 0.29) is 5.91 Å². The zero-order valence-corrected chi connectivity index (χ0v) is 12.9. The van der Waals surface area contributed by atoms with Gasteiger partial charge in [-0.15, -0.1) is 11.3 Å². The Balaban J connectivity index is 1.48. The number of nitrogens with zero attached hydrogens (tertiary/aromatic N) is 1. The van der Waals surface area contributed by atoms with Gasteiger partial charge >= 0.3 is 0 Å². The predicted molar refractivity (Wildman–Crippen MR) is 83.9 cm³/mol. The molecule has 1 amide bonds. The highest BCUT2D eigenvalue weighted by Gasteiger charge is 2.22. The standard InChI is InChI=1S/C15H15ClN2O2S/c16-11-1-3-12(4-2-11)20-6-5-18-8-10-7-13(15(17)19)21-14(10)9-18/h1-4,7H,5-6,8-9H2,(H2,17,19). The quantitative estimate of drug-likeness (QED) is 0.921. The Bertz CT molecular complexity index is 631. The molecule has 0 bridgehead atoms. The van der Waals surface area contributed by atoms with Crippen molar-refractivity contribution >= 4 is 28.8 Å². The second kappa shape index (κ2) is 6.05. The molecule has 0 radical (unpaired) electrons. The number of halogens is 1. The van der Waals surface area contributed by atoms with Gasteiger partial charge in [-0.05, 0) is 35.9 Å². The average Bonchev–Trinajstić information content (AvgIpc) is 2.99. The highest BCUT2D eigenvalue weighted by atomic mass is 35.5. The maximum absolute atomic E-state index is 11.1. The molecule has 2 N–H and O–H groups in total. The summed E-state index contributed by atoms with van der Waals surface area (Å²) in [4.78, 5) is 15.3. The van der Waals surface area contributed by atoms with Crippen molar-refractivity contribution in [1.29, 1.82) is 0 Å². The Morgan fingerprint density at radius 1 is 1.33 bits per heavy atom. The Morgan fingerprint density at radius 3 is 2.76 bits per heavy atom. The molecule has 110 valence electrons. The van der Waals surface area contributed by atoms with Crippen LogP contribution in [0.1, 0.15) is 20.1 Å². The lowest BCUT2D eigenvalue weighted by atomic mass is 10.3. The summed E-state index contributed by atoms with van der Waals surface area (Å²) in [6, 6.07) is 9.26. The monoisotopic (exact) mass is 322 g/mol. The third-order valence-electron chi connectivity index (χ3n) is 3.39. The fourth-order valence-electron chi connectivity index (χ4n) is 2.34. The van der Waals surface area contributed by atoms with Crippen molar-refractivity contribution in [3.63, 3.8) is 0 Å². The van der Waals surface area contributed by atoms with E-state index in [9.17, 15) is 4.79 Å². The van der Waals surface area contributed by atoms with Crippen molar-refractivity contribution in [3.05, 3.63) is 50.7 Å². The lowest BCUT2D eigenvalue weighted by Gasteiger charge is -2.15. The molecule has 0 spiro atoms. The van der Waals surface area contributed by atoms with Crippen molar-refractivity contribution in [3.8, 4) is 5.75 Å². The van der Waals surface area contributed by atoms with E-state index in [1.807, 2.05) is 30.3 Å². The van der Waals surface area contributed by atoms with Crippen LogP contribution >= 0.6 is 22.9 Å². The number of nitrogens with two attached hydrogens (primary N) is 1. The molecule has 6 heteroatoms. The zero-order valence-electron chi connectivity index (χ0n) is 11.3. The molecular weight excluding hydrogens is 308 g/mol. The molecule has 1 aliphatic rings. The normalized spacial score (nSPS) is 14.1. The molecule has 1 aliphatic heterocycles. The first kappa shape index (κ1) is 14.4. The summed E-state index contributed by atoms with van der Waals surface area (Å²) in [5.74, 6) is 0.483. The van der Waals surface area contributed by atoms with Crippen molar-refractivity contribution in [2.45, 2.75) is 13.1 Å². The third-order valence-corrected chi connectivity index (χ3v) is 4.82. The molecule has 0 saturated carbocycles. The van der Waals surface area contributed by atoms with Crippen LogP contribution in [0.25, 0.3) is 0 Å². The summed E-state index contributed by atoms with van der Waals surface area (Å²) in [7, 11) is 0. The van der Waals surface area contributed by atoms with Crippen LogP contribution in [-0.2, 0) is 13.1 Å². The molecule has 2 heterocycles. The lowest BCUT2D eigenvalue weighted by molar-refractivity contribution is 0.100. The van der Waals surface area contributed by atoms with Crippen molar-refractivity contribution in [2.75, 3.05) is 13.2 Å². The predicted octanol–water partition coefficient (Wildman–Crippen LogP) is 2.90. The summed E-state index contributed by atoms with van der Waals surface area (Å²) >= 11 is 7.32. The van der Waals surface area contributed by atoms with Gasteiger partial charge < -0.3 is 10.5 Å². The van der Waals surface area contributed by atoms with E-state index in [2.05, 4.69) is 4.90 Å². The molecule has 1 aromatic heterocycles. The smallest absolute Gasteiger partial charge is 0.258 e. The van der Waals surface area contributed by atoms with Gasteiger partial charge in [-0.2, -0.15) is 0 Å². The van der Waals surface area contributed by atoms with Crippen LogP contribution in [0, 0.1) is 0 Å². The van der Waals surface area contributed by atoms with Gasteiger partial charge in [0.25, 0.3) is 5.91 Å². The SMILES string of the molecule is NC(=O)c1cc2c(s1)CN(CCOc1ccc(Cl)cc1)C2. The molecule has 2 aromatic rings. The number of amides is 1. The van der Waals surface area contributed by atoms with Crippen LogP contribution in [0.2, 0.25) is 5.02 Å². The van der Waals surface area contributed by atoms with Gasteiger partial charge in [0.2, 0.25) is 0 Å². The minimum absolute atomic E-state index is 0.341. The van der Waals surface area contributed by atoms with E-state index in [4.69, 9.17) is 22.1 Å². The van der Waals surface area contributed by atoms with Gasteiger partial charge in [0.05, 0.1) is 4.88 Å². The maximum atomic E-state index is 11.1. The van der Waals surface area contributed by atoms with E-state index >= 15 is 0 Å². The van der Waals surface area contributed by atoms with Crippen molar-refractivity contribution in [1.82, 2.24) is 4.90 Å². The fraction of sp³-hybridized carbons (Fsp3) is 0.267. The molecular formula is C15H15ClN2O2S. The average molecular weight is 323 g/mol. The fourth-order valence-corrected chi connectivity index (χ4v) is 3.53. The van der Waals surface area contributed by atoms with Gasteiger partial charge in [-0.25, -0.2) is 0 Å². The van der Waals surface area contributed by atoms with E-state index in [0.717, 1.165) is 25.4 Å². The number of benzene rings is 1. The number of hydrogen-bond donors (Lipinski definition) is 1. The number of fused-ring (bicyclic) bond motifs is 1. The zero-order chi connectivity index (χ0) is 14.8. The number of hydrogen-bond acceptors (Lipinski definition) is 4. The van der Waals surface area contributed by atoms with Crippen LogP contribution in [0.15, 0.2) is 30.3 Å². The number of primary amides is 1. The summed E-state index contributed by atoms with van der Waals surface area (Å²) < 4.78 is 5.69. The van der Waals surface area contributed by atoms with Crippen LogP contribution in [0.5, 0.6) is 5.75 Å². The first-order valence-corrected chi connectivity index (χ1v) is 7.83. The molecule has 0 saturated heterocycles. The molecule has 1 aromatic carbocycles. The van der Waals surface area contributed by atoms with Crippen molar-refractivity contribution in [2.24, 2.45) is 5.73 Å². The highest BCUT2D eigenvalue weighted by molar-refractivity contribution is 7.14. The third kappa shape index (κ3) is 3.37. The highest BCUT2D eigenvalue weighted by Crippen LogP contribution is 2.30. The molecule has 0 atom stereocenters. The van der Waals surface area contributed by atoms with Gasteiger partial charge in [0.15, 0.2) is 0 Å². The molecule has 0 unspecified atom stereocenters.